The Morgan fingerprint density at radius 2 is 2.58 bits per heavy atom. The van der Waals surface area contributed by atoms with Crippen molar-refractivity contribution < 1.29 is 0 Å². The highest BCUT2D eigenvalue weighted by atomic mass is 15.3. The maximum atomic E-state index is 5.30. The van der Waals surface area contributed by atoms with Crippen molar-refractivity contribution in [2.75, 3.05) is 6.54 Å². The zero-order valence-corrected chi connectivity index (χ0v) is 6.62. The van der Waals surface area contributed by atoms with E-state index in [0.717, 1.165) is 12.1 Å². The zero-order valence-electron chi connectivity index (χ0n) is 6.62. The second-order valence-corrected chi connectivity index (χ2v) is 2.24. The van der Waals surface area contributed by atoms with Gasteiger partial charge in [-0.25, -0.2) is 10.8 Å². The Morgan fingerprint density at radius 1 is 1.75 bits per heavy atom. The van der Waals surface area contributed by atoms with E-state index in [1.165, 1.54) is 0 Å². The molecule has 0 unspecified atom stereocenters. The molecule has 6 heteroatoms. The van der Waals surface area contributed by atoms with Crippen LogP contribution in [0.15, 0.2) is 17.5 Å². The van der Waals surface area contributed by atoms with Crippen molar-refractivity contribution in [3.8, 4) is 0 Å². The van der Waals surface area contributed by atoms with Gasteiger partial charge >= 0.3 is 0 Å². The molecule has 0 saturated carbocycles. The van der Waals surface area contributed by atoms with Crippen LogP contribution in [0.4, 0.5) is 0 Å². The molecule has 1 aromatic heterocycles. The van der Waals surface area contributed by atoms with Crippen LogP contribution in [0.1, 0.15) is 5.69 Å². The van der Waals surface area contributed by atoms with E-state index in [9.17, 15) is 0 Å². The number of H-pyrrole nitrogens is 1. The number of aliphatic imine (C=N–C) groups is 1. The number of hydrogen-bond donors (Lipinski definition) is 4. The maximum Gasteiger partial charge on any atom is 0.203 e. The van der Waals surface area contributed by atoms with Crippen LogP contribution >= 0.6 is 0 Å². The first kappa shape index (κ1) is 8.54. The quantitative estimate of drug-likeness (QED) is 0.195. The molecule has 0 aliphatic rings. The smallest absolute Gasteiger partial charge is 0.203 e. The van der Waals surface area contributed by atoms with Gasteiger partial charge in [-0.3, -0.25) is 10.4 Å². The number of nitrogens with zero attached hydrogens (tertiary/aromatic N) is 2. The molecule has 1 heterocycles. The van der Waals surface area contributed by atoms with Gasteiger partial charge in [-0.05, 0) is 0 Å². The summed E-state index contributed by atoms with van der Waals surface area (Å²) < 4.78 is 0. The number of imidazole rings is 1. The largest absolute Gasteiger partial charge is 0.369 e. The molecule has 66 valence electrons. The third-order valence-corrected chi connectivity index (χ3v) is 1.37. The molecule has 0 amide bonds. The highest BCUT2D eigenvalue weighted by Gasteiger charge is 1.91. The lowest BCUT2D eigenvalue weighted by Gasteiger charge is -1.96. The normalized spacial score (nSPS) is 11.6. The van der Waals surface area contributed by atoms with E-state index < -0.39 is 0 Å². The van der Waals surface area contributed by atoms with Crippen LogP contribution in [0, 0.1) is 0 Å². The fraction of sp³-hybridized carbons (Fsp3) is 0.333. The Kier molecular flexibility index (Phi) is 3.09. The molecular formula is C6H12N6. The molecule has 0 spiro atoms. The summed E-state index contributed by atoms with van der Waals surface area (Å²) in [5.41, 5.74) is 8.58. The SMILES string of the molecule is NNC(N)=NCCc1cnc[nH]1. The average Bonchev–Trinajstić information content (AvgIpc) is 2.57. The van der Waals surface area contributed by atoms with Crippen LogP contribution in [-0.2, 0) is 6.42 Å². The van der Waals surface area contributed by atoms with Crippen LogP contribution < -0.4 is 17.0 Å². The van der Waals surface area contributed by atoms with Gasteiger partial charge in [-0.1, -0.05) is 0 Å². The lowest BCUT2D eigenvalue weighted by atomic mass is 10.3. The Hall–Kier alpha value is -1.56. The van der Waals surface area contributed by atoms with Gasteiger partial charge in [0.2, 0.25) is 5.96 Å². The van der Waals surface area contributed by atoms with Crippen LogP contribution in [0.5, 0.6) is 0 Å². The van der Waals surface area contributed by atoms with E-state index in [4.69, 9.17) is 11.6 Å². The molecule has 1 aromatic rings. The van der Waals surface area contributed by atoms with Gasteiger partial charge < -0.3 is 10.7 Å². The number of aromatic nitrogens is 2. The molecule has 0 radical (unpaired) electrons. The number of guanidine groups is 1. The molecular weight excluding hydrogens is 156 g/mol. The molecule has 0 fully saturated rings. The number of hydrogen-bond acceptors (Lipinski definition) is 3. The highest BCUT2D eigenvalue weighted by Crippen LogP contribution is 1.91. The van der Waals surface area contributed by atoms with Crippen LogP contribution in [-0.4, -0.2) is 22.5 Å². The fourth-order valence-electron chi connectivity index (χ4n) is 0.764. The number of nitrogens with one attached hydrogen (secondary N) is 2. The molecule has 0 bridgehead atoms. The Balaban J connectivity index is 2.28. The van der Waals surface area contributed by atoms with E-state index in [1.54, 1.807) is 12.5 Å². The lowest BCUT2D eigenvalue weighted by molar-refractivity contribution is 0.904. The second kappa shape index (κ2) is 4.35. The summed E-state index contributed by atoms with van der Waals surface area (Å²) in [4.78, 5) is 10.7. The predicted octanol–water partition coefficient (Wildman–Crippen LogP) is -1.27. The number of aromatic amines is 1. The predicted molar refractivity (Wildman–Crippen MR) is 46.1 cm³/mol. The minimum absolute atomic E-state index is 0.245. The number of rotatable bonds is 3. The first-order chi connectivity index (χ1) is 5.83. The topological polar surface area (TPSA) is 105 Å². The summed E-state index contributed by atoms with van der Waals surface area (Å²) in [6.45, 7) is 0.595. The van der Waals surface area contributed by atoms with Crippen molar-refractivity contribution in [2.45, 2.75) is 6.42 Å². The van der Waals surface area contributed by atoms with Gasteiger partial charge in [0.1, 0.15) is 0 Å². The third kappa shape index (κ3) is 2.59. The van der Waals surface area contributed by atoms with Crippen molar-refractivity contribution in [3.63, 3.8) is 0 Å². The maximum absolute atomic E-state index is 5.30. The summed E-state index contributed by atoms with van der Waals surface area (Å²) >= 11 is 0. The lowest BCUT2D eigenvalue weighted by Crippen LogP contribution is -2.37. The van der Waals surface area contributed by atoms with Crippen molar-refractivity contribution in [3.05, 3.63) is 18.2 Å². The van der Waals surface area contributed by atoms with Gasteiger partial charge in [0.25, 0.3) is 0 Å². The molecule has 0 aliphatic heterocycles. The summed E-state index contributed by atoms with van der Waals surface area (Å²) in [6, 6.07) is 0. The van der Waals surface area contributed by atoms with E-state index in [2.05, 4.69) is 20.4 Å². The third-order valence-electron chi connectivity index (χ3n) is 1.37. The standard InChI is InChI=1S/C6H12N6/c7-6(12-8)10-2-1-5-3-9-4-11-5/h3-4H,1-2,8H2,(H,9,11)(H3,7,10,12). The number of hydrazine groups is 1. The minimum atomic E-state index is 0.245. The molecule has 0 saturated heterocycles. The Labute approximate surface area is 70.1 Å². The van der Waals surface area contributed by atoms with Gasteiger partial charge in [0, 0.05) is 24.9 Å². The highest BCUT2D eigenvalue weighted by molar-refractivity contribution is 5.77. The van der Waals surface area contributed by atoms with Gasteiger partial charge in [-0.15, -0.1) is 0 Å². The van der Waals surface area contributed by atoms with Gasteiger partial charge in [0.05, 0.1) is 6.33 Å². The molecule has 0 aromatic carbocycles. The molecule has 1 rings (SSSR count). The van der Waals surface area contributed by atoms with Crippen LogP contribution in [0.25, 0.3) is 0 Å². The minimum Gasteiger partial charge on any atom is -0.369 e. The van der Waals surface area contributed by atoms with Crippen molar-refractivity contribution in [1.82, 2.24) is 15.4 Å². The van der Waals surface area contributed by atoms with Gasteiger partial charge in [-0.2, -0.15) is 0 Å². The monoisotopic (exact) mass is 168 g/mol. The van der Waals surface area contributed by atoms with Gasteiger partial charge in [0.15, 0.2) is 0 Å². The fourth-order valence-corrected chi connectivity index (χ4v) is 0.764. The van der Waals surface area contributed by atoms with Crippen molar-refractivity contribution >= 4 is 5.96 Å². The average molecular weight is 168 g/mol. The summed E-state index contributed by atoms with van der Waals surface area (Å²) in [5, 5.41) is 0. The van der Waals surface area contributed by atoms with Crippen LogP contribution in [0.3, 0.4) is 0 Å². The first-order valence-corrected chi connectivity index (χ1v) is 3.56. The molecule has 12 heavy (non-hydrogen) atoms. The van der Waals surface area contributed by atoms with Crippen LogP contribution in [0.2, 0.25) is 0 Å². The van der Waals surface area contributed by atoms with E-state index in [-0.39, 0.29) is 5.96 Å². The summed E-state index contributed by atoms with van der Waals surface area (Å²) in [5.74, 6) is 5.25. The first-order valence-electron chi connectivity index (χ1n) is 3.56. The summed E-state index contributed by atoms with van der Waals surface area (Å²) in [6.07, 6.45) is 4.16. The van der Waals surface area contributed by atoms with E-state index >= 15 is 0 Å². The molecule has 0 aliphatic carbocycles. The van der Waals surface area contributed by atoms with E-state index in [0.29, 0.717) is 6.54 Å². The Bertz CT molecular complexity index is 239. The van der Waals surface area contributed by atoms with E-state index in [1.807, 2.05) is 0 Å². The van der Waals surface area contributed by atoms with Crippen molar-refractivity contribution in [2.24, 2.45) is 16.6 Å². The second-order valence-electron chi connectivity index (χ2n) is 2.24. The molecule has 6 nitrogen and oxygen atoms in total. The Morgan fingerprint density at radius 3 is 3.17 bits per heavy atom. The number of nitrogens with two attached hydrogens (primary N) is 2. The van der Waals surface area contributed by atoms with Crippen molar-refractivity contribution in [1.29, 1.82) is 0 Å². The summed E-state index contributed by atoms with van der Waals surface area (Å²) in [7, 11) is 0. The molecule has 0 atom stereocenters. The zero-order chi connectivity index (χ0) is 8.81. The molecule has 6 N–H and O–H groups in total.